The van der Waals surface area contributed by atoms with Crippen molar-refractivity contribution in [1.82, 2.24) is 14.5 Å². The second kappa shape index (κ2) is 12.4. The monoisotopic (exact) mass is 517 g/mol. The summed E-state index contributed by atoms with van der Waals surface area (Å²) in [5, 5.41) is 24.8. The van der Waals surface area contributed by atoms with Gasteiger partial charge in [0.1, 0.15) is 23.3 Å². The number of rotatable bonds is 10. The van der Waals surface area contributed by atoms with Crippen molar-refractivity contribution >= 4 is 52.3 Å². The highest BCUT2D eigenvalue weighted by Crippen LogP contribution is 2.33. The van der Waals surface area contributed by atoms with Gasteiger partial charge in [0.2, 0.25) is 0 Å². The van der Waals surface area contributed by atoms with Crippen LogP contribution in [0.15, 0.2) is 66.2 Å². The molecule has 0 aliphatic heterocycles. The van der Waals surface area contributed by atoms with E-state index in [1.54, 1.807) is 31.2 Å². The smallest absolute Gasteiger partial charge is 0.158 e. The number of benzene rings is 2. The number of aliphatic hydroxyl groups excluding tert-OH is 1. The van der Waals surface area contributed by atoms with E-state index in [-0.39, 0.29) is 19.0 Å². The van der Waals surface area contributed by atoms with Gasteiger partial charge in [-0.2, -0.15) is 0 Å². The summed E-state index contributed by atoms with van der Waals surface area (Å²) in [5.41, 5.74) is 3.60. The van der Waals surface area contributed by atoms with Crippen LogP contribution in [0.5, 0.6) is 11.5 Å². The van der Waals surface area contributed by atoms with Crippen molar-refractivity contribution in [3.8, 4) is 11.5 Å². The summed E-state index contributed by atoms with van der Waals surface area (Å²) >= 11 is 6.50. The number of nitrogens with zero attached hydrogens (tertiary/aromatic N) is 4. The second-order valence-corrected chi connectivity index (χ2v) is 7.79. The predicted octanol–water partition coefficient (Wildman–Crippen LogP) is 5.25. The number of nitrogens with one attached hydrogen (secondary N) is 1. The molecule has 4 rings (SSSR count). The predicted molar refractivity (Wildman–Crippen MR) is 138 cm³/mol. The summed E-state index contributed by atoms with van der Waals surface area (Å²) in [7, 11) is 0. The molecule has 35 heavy (non-hydrogen) atoms. The Labute approximate surface area is 213 Å². The minimum atomic E-state index is -0.00912. The third-order valence-corrected chi connectivity index (χ3v) is 5.38. The Hall–Kier alpha value is -3.37. The van der Waals surface area contributed by atoms with Gasteiger partial charge < -0.3 is 29.7 Å². The normalized spacial score (nSPS) is 11.3. The number of hydrogen-bond acceptors (Lipinski definition) is 8. The van der Waals surface area contributed by atoms with E-state index in [1.165, 1.54) is 6.33 Å². The third-order valence-electron chi connectivity index (χ3n) is 5.09. The average Bonchev–Trinajstić information content (AvgIpc) is 3.27. The molecular formula is C24H25Cl2N5O4. The molecule has 0 bridgehead atoms. The zero-order valence-corrected chi connectivity index (χ0v) is 20.5. The van der Waals surface area contributed by atoms with Gasteiger partial charge in [0.05, 0.1) is 36.1 Å². The van der Waals surface area contributed by atoms with Crippen LogP contribution in [0.1, 0.15) is 12.5 Å². The molecule has 2 aromatic carbocycles. The molecule has 0 spiro atoms. The molecule has 2 aromatic heterocycles. The fraction of sp³-hybridized carbons (Fsp3) is 0.208. The van der Waals surface area contributed by atoms with Crippen molar-refractivity contribution in [2.45, 2.75) is 13.5 Å². The van der Waals surface area contributed by atoms with Crippen LogP contribution in [0.2, 0.25) is 5.02 Å². The molecule has 0 aliphatic carbocycles. The van der Waals surface area contributed by atoms with Crippen LogP contribution < -0.4 is 10.1 Å². The van der Waals surface area contributed by atoms with Gasteiger partial charge >= 0.3 is 0 Å². The van der Waals surface area contributed by atoms with Crippen LogP contribution in [-0.2, 0) is 11.3 Å². The lowest BCUT2D eigenvalue weighted by molar-refractivity contribution is 0.0875. The Bertz CT molecular complexity index is 1310. The molecule has 0 saturated heterocycles. The first-order valence-electron chi connectivity index (χ1n) is 10.6. The Morgan fingerprint density at radius 1 is 1.14 bits per heavy atom. The number of aromatic nitrogens is 3. The Morgan fingerprint density at radius 2 is 2.00 bits per heavy atom. The Morgan fingerprint density at radius 3 is 2.77 bits per heavy atom. The van der Waals surface area contributed by atoms with Gasteiger partial charge in [-0.25, -0.2) is 9.97 Å². The molecule has 0 fully saturated rings. The summed E-state index contributed by atoms with van der Waals surface area (Å²) in [5.74, 6) is 1.69. The van der Waals surface area contributed by atoms with E-state index in [0.717, 1.165) is 22.3 Å². The standard InChI is InChI=1S/C24H24ClN5O4.ClH/c1-16(29-32)17-3-2-4-19(13-17)34-22-6-5-18(14-20(22)25)28-24-23-21(26-15-27-24)7-8-30(23)9-11-33-12-10-31;/h2-8,13-15,31-32H,9-12H2,1H3,(H,26,27,28);1H. The van der Waals surface area contributed by atoms with Crippen molar-refractivity contribution in [2.75, 3.05) is 25.1 Å². The van der Waals surface area contributed by atoms with Crippen molar-refractivity contribution in [3.05, 3.63) is 71.6 Å². The molecule has 9 nitrogen and oxygen atoms in total. The highest BCUT2D eigenvalue weighted by molar-refractivity contribution is 6.32. The summed E-state index contributed by atoms with van der Waals surface area (Å²) in [6.45, 7) is 3.05. The lowest BCUT2D eigenvalue weighted by atomic mass is 10.1. The molecule has 2 heterocycles. The maximum Gasteiger partial charge on any atom is 0.158 e. The largest absolute Gasteiger partial charge is 0.456 e. The third kappa shape index (κ3) is 6.40. The van der Waals surface area contributed by atoms with Gasteiger partial charge in [-0.1, -0.05) is 28.9 Å². The summed E-state index contributed by atoms with van der Waals surface area (Å²) in [4.78, 5) is 8.73. The van der Waals surface area contributed by atoms with E-state index in [9.17, 15) is 0 Å². The number of halogens is 2. The van der Waals surface area contributed by atoms with Crippen LogP contribution in [0, 0.1) is 0 Å². The topological polar surface area (TPSA) is 114 Å². The lowest BCUT2D eigenvalue weighted by Crippen LogP contribution is -2.09. The van der Waals surface area contributed by atoms with E-state index >= 15 is 0 Å². The SMILES string of the molecule is CC(=NO)c1cccc(Oc2ccc(Nc3ncnc4ccn(CCOCCO)c34)cc2Cl)c1.Cl. The van der Waals surface area contributed by atoms with E-state index < -0.39 is 0 Å². The number of fused-ring (bicyclic) bond motifs is 1. The van der Waals surface area contributed by atoms with Crippen molar-refractivity contribution in [1.29, 1.82) is 0 Å². The molecule has 0 radical (unpaired) electrons. The minimum absolute atomic E-state index is 0. The van der Waals surface area contributed by atoms with E-state index in [2.05, 4.69) is 20.4 Å². The van der Waals surface area contributed by atoms with Crippen molar-refractivity contribution in [2.24, 2.45) is 5.16 Å². The molecular weight excluding hydrogens is 493 g/mol. The first kappa shape index (κ1) is 26.2. The Kier molecular flexibility index (Phi) is 9.27. The average molecular weight is 518 g/mol. The van der Waals surface area contributed by atoms with Gasteiger partial charge in [-0.15, -0.1) is 12.4 Å². The number of oxime groups is 1. The number of anilines is 2. The fourth-order valence-corrected chi connectivity index (χ4v) is 3.63. The van der Waals surface area contributed by atoms with E-state index in [0.29, 0.717) is 47.8 Å². The van der Waals surface area contributed by atoms with Crippen molar-refractivity contribution < 1.29 is 19.8 Å². The highest BCUT2D eigenvalue weighted by Gasteiger charge is 2.12. The molecule has 11 heteroatoms. The van der Waals surface area contributed by atoms with E-state index in [1.807, 2.05) is 35.0 Å². The van der Waals surface area contributed by atoms with Gasteiger partial charge in [0.25, 0.3) is 0 Å². The Balaban J connectivity index is 0.00000342. The molecule has 0 aliphatic rings. The maximum atomic E-state index is 8.99. The van der Waals surface area contributed by atoms with Gasteiger partial charge in [0, 0.05) is 24.0 Å². The molecule has 4 aromatic rings. The summed E-state index contributed by atoms with van der Waals surface area (Å²) in [6, 6.07) is 14.5. The minimum Gasteiger partial charge on any atom is -0.456 e. The number of ether oxygens (including phenoxy) is 2. The van der Waals surface area contributed by atoms with E-state index in [4.69, 9.17) is 31.4 Å². The van der Waals surface area contributed by atoms with Crippen molar-refractivity contribution in [3.63, 3.8) is 0 Å². The lowest BCUT2D eigenvalue weighted by Gasteiger charge is -2.13. The van der Waals surface area contributed by atoms with Crippen LogP contribution in [0.3, 0.4) is 0 Å². The highest BCUT2D eigenvalue weighted by atomic mass is 35.5. The second-order valence-electron chi connectivity index (χ2n) is 7.39. The van der Waals surface area contributed by atoms with Gasteiger partial charge in [-0.05, 0) is 43.3 Å². The number of aliphatic hydroxyl groups is 1. The molecule has 0 unspecified atom stereocenters. The zero-order valence-electron chi connectivity index (χ0n) is 18.9. The molecule has 3 N–H and O–H groups in total. The summed E-state index contributed by atoms with van der Waals surface area (Å²) < 4.78 is 13.3. The van der Waals surface area contributed by atoms with Gasteiger partial charge in [0.15, 0.2) is 5.82 Å². The van der Waals surface area contributed by atoms with Gasteiger partial charge in [-0.3, -0.25) is 0 Å². The first-order valence-corrected chi connectivity index (χ1v) is 11.0. The quantitative estimate of drug-likeness (QED) is 0.114. The van der Waals surface area contributed by atoms with Crippen LogP contribution in [-0.4, -0.2) is 50.4 Å². The number of hydrogen-bond donors (Lipinski definition) is 3. The molecule has 0 atom stereocenters. The zero-order chi connectivity index (χ0) is 23.9. The van der Waals surface area contributed by atoms with Crippen LogP contribution in [0.25, 0.3) is 11.0 Å². The maximum absolute atomic E-state index is 8.99. The molecule has 0 saturated carbocycles. The first-order chi connectivity index (χ1) is 16.6. The fourth-order valence-electron chi connectivity index (χ4n) is 3.41. The molecule has 0 amide bonds. The summed E-state index contributed by atoms with van der Waals surface area (Å²) in [6.07, 6.45) is 3.43. The van der Waals surface area contributed by atoms with Crippen LogP contribution >= 0.6 is 24.0 Å². The van der Waals surface area contributed by atoms with Crippen LogP contribution in [0.4, 0.5) is 11.5 Å². The molecule has 184 valence electrons.